The lowest BCUT2D eigenvalue weighted by Crippen LogP contribution is -2.46. The van der Waals surface area contributed by atoms with Gasteiger partial charge in [-0.05, 0) is 37.2 Å². The maximum Gasteiger partial charge on any atom is 0.0407 e. The lowest BCUT2D eigenvalue weighted by molar-refractivity contribution is 0.259. The summed E-state index contributed by atoms with van der Waals surface area (Å²) in [6.45, 7) is 5.55. The van der Waals surface area contributed by atoms with Crippen LogP contribution in [0, 0.1) is 0 Å². The molecule has 2 nitrogen and oxygen atoms in total. The molecule has 5 heteroatoms. The van der Waals surface area contributed by atoms with Crippen LogP contribution in [0.25, 0.3) is 0 Å². The molecule has 0 radical (unpaired) electrons. The predicted molar refractivity (Wildman–Crippen MR) is 82.7 cm³/mol. The van der Waals surface area contributed by atoms with Crippen molar-refractivity contribution in [3.05, 3.63) is 29.3 Å². The van der Waals surface area contributed by atoms with Gasteiger partial charge in [-0.2, -0.15) is 0 Å². The number of hydrogen-bond acceptors (Lipinski definition) is 2. The van der Waals surface area contributed by atoms with Gasteiger partial charge in [-0.15, -0.1) is 24.0 Å². The minimum absolute atomic E-state index is 0. The highest BCUT2D eigenvalue weighted by Crippen LogP contribution is 2.19. The van der Waals surface area contributed by atoms with Crippen LogP contribution < -0.4 is 4.90 Å². The zero-order chi connectivity index (χ0) is 12.1. The Labute approximate surface area is 125 Å². The minimum Gasteiger partial charge on any atom is -0.369 e. The van der Waals surface area contributed by atoms with Gasteiger partial charge in [-0.1, -0.05) is 11.6 Å². The second-order valence-corrected chi connectivity index (χ2v) is 5.16. The van der Waals surface area contributed by atoms with Crippen LogP contribution in [-0.4, -0.2) is 43.5 Å². The topological polar surface area (TPSA) is 6.48 Å². The molecule has 0 unspecified atom stereocenters. The molecule has 1 aliphatic rings. The van der Waals surface area contributed by atoms with Crippen LogP contribution in [0.15, 0.2) is 24.3 Å². The molecular weight excluding hydrogens is 291 g/mol. The number of piperazine rings is 1. The number of halogens is 3. The van der Waals surface area contributed by atoms with Gasteiger partial charge in [0.25, 0.3) is 0 Å². The molecule has 0 saturated carbocycles. The van der Waals surface area contributed by atoms with Crippen LogP contribution in [0.4, 0.5) is 5.69 Å². The average Bonchev–Trinajstić information content (AvgIpc) is 2.38. The van der Waals surface area contributed by atoms with Gasteiger partial charge in [0.2, 0.25) is 0 Å². The highest BCUT2D eigenvalue weighted by atomic mass is 35.5. The van der Waals surface area contributed by atoms with Crippen LogP contribution in [0.3, 0.4) is 0 Å². The van der Waals surface area contributed by atoms with Gasteiger partial charge in [-0.3, -0.25) is 4.90 Å². The third-order valence-corrected chi connectivity index (χ3v) is 3.69. The molecule has 2 rings (SSSR count). The quantitative estimate of drug-likeness (QED) is 0.785. The zero-order valence-electron chi connectivity index (χ0n) is 10.3. The van der Waals surface area contributed by atoms with Crippen LogP contribution in [0.1, 0.15) is 6.42 Å². The Morgan fingerprint density at radius 3 is 2.17 bits per heavy atom. The maximum absolute atomic E-state index is 5.89. The van der Waals surface area contributed by atoms with Crippen molar-refractivity contribution in [2.75, 3.05) is 43.5 Å². The second-order valence-electron chi connectivity index (χ2n) is 4.35. The Kier molecular flexibility index (Phi) is 7.16. The Hall–Kier alpha value is -0.150. The molecule has 1 aromatic carbocycles. The Bertz CT molecular complexity index is 335. The molecule has 18 heavy (non-hydrogen) atoms. The molecule has 0 atom stereocenters. The summed E-state index contributed by atoms with van der Waals surface area (Å²) < 4.78 is 0. The number of benzene rings is 1. The first kappa shape index (κ1) is 15.9. The van der Waals surface area contributed by atoms with Gasteiger partial charge in [0.05, 0.1) is 0 Å². The number of anilines is 1. The van der Waals surface area contributed by atoms with E-state index in [9.17, 15) is 0 Å². The molecule has 1 heterocycles. The summed E-state index contributed by atoms with van der Waals surface area (Å²) in [5.41, 5.74) is 1.27. The smallest absolute Gasteiger partial charge is 0.0407 e. The predicted octanol–water partition coefficient (Wildman–Crippen LogP) is 3.51. The van der Waals surface area contributed by atoms with Crippen molar-refractivity contribution in [1.29, 1.82) is 0 Å². The van der Waals surface area contributed by atoms with Crippen molar-refractivity contribution in [3.63, 3.8) is 0 Å². The first-order chi connectivity index (χ1) is 8.29. The van der Waals surface area contributed by atoms with Gasteiger partial charge in [0.15, 0.2) is 0 Å². The molecule has 0 aliphatic carbocycles. The molecule has 102 valence electrons. The number of hydrogen-bond donors (Lipinski definition) is 0. The Morgan fingerprint density at radius 1 is 1.00 bits per heavy atom. The summed E-state index contributed by atoms with van der Waals surface area (Å²) in [4.78, 5) is 4.89. The Balaban J connectivity index is 0.00000162. The van der Waals surface area contributed by atoms with Crippen LogP contribution >= 0.6 is 35.6 Å². The largest absolute Gasteiger partial charge is 0.369 e. The fourth-order valence-corrected chi connectivity index (χ4v) is 2.41. The molecule has 0 amide bonds. The first-order valence-corrected chi connectivity index (χ1v) is 6.99. The first-order valence-electron chi connectivity index (χ1n) is 6.08. The highest BCUT2D eigenvalue weighted by molar-refractivity contribution is 6.30. The van der Waals surface area contributed by atoms with Crippen LogP contribution in [0.2, 0.25) is 5.02 Å². The van der Waals surface area contributed by atoms with E-state index in [1.165, 1.54) is 5.69 Å². The van der Waals surface area contributed by atoms with Crippen molar-refractivity contribution in [2.24, 2.45) is 0 Å². The molecule has 1 fully saturated rings. The summed E-state index contributed by atoms with van der Waals surface area (Å²) in [5, 5.41) is 0.800. The van der Waals surface area contributed by atoms with Gasteiger partial charge >= 0.3 is 0 Å². The molecular formula is C13H19Cl3N2. The van der Waals surface area contributed by atoms with Gasteiger partial charge in [-0.25, -0.2) is 0 Å². The van der Waals surface area contributed by atoms with Crippen molar-refractivity contribution < 1.29 is 0 Å². The van der Waals surface area contributed by atoms with E-state index in [1.54, 1.807) is 0 Å². The van der Waals surface area contributed by atoms with E-state index in [2.05, 4.69) is 21.9 Å². The van der Waals surface area contributed by atoms with Crippen molar-refractivity contribution >= 4 is 41.3 Å². The summed E-state index contributed by atoms with van der Waals surface area (Å²) in [7, 11) is 0. The fourth-order valence-electron chi connectivity index (χ4n) is 2.16. The maximum atomic E-state index is 5.89. The molecule has 0 N–H and O–H groups in total. The molecule has 1 aliphatic heterocycles. The van der Waals surface area contributed by atoms with Crippen molar-refractivity contribution in [2.45, 2.75) is 6.42 Å². The van der Waals surface area contributed by atoms with Crippen LogP contribution in [-0.2, 0) is 0 Å². The van der Waals surface area contributed by atoms with E-state index in [0.717, 1.165) is 50.0 Å². The lowest BCUT2D eigenvalue weighted by Gasteiger charge is -2.36. The minimum atomic E-state index is 0. The lowest BCUT2D eigenvalue weighted by atomic mass is 10.2. The van der Waals surface area contributed by atoms with Gasteiger partial charge in [0.1, 0.15) is 0 Å². The number of rotatable bonds is 4. The second kappa shape index (κ2) is 8.11. The van der Waals surface area contributed by atoms with E-state index < -0.39 is 0 Å². The van der Waals surface area contributed by atoms with E-state index in [0.29, 0.717) is 0 Å². The zero-order valence-corrected chi connectivity index (χ0v) is 12.6. The van der Waals surface area contributed by atoms with E-state index >= 15 is 0 Å². The molecule has 0 aromatic heterocycles. The highest BCUT2D eigenvalue weighted by Gasteiger charge is 2.16. The van der Waals surface area contributed by atoms with Crippen LogP contribution in [0.5, 0.6) is 0 Å². The fraction of sp³-hybridized carbons (Fsp3) is 0.538. The molecule has 1 aromatic rings. The molecule has 0 bridgehead atoms. The van der Waals surface area contributed by atoms with E-state index in [4.69, 9.17) is 23.2 Å². The van der Waals surface area contributed by atoms with Gasteiger partial charge < -0.3 is 4.90 Å². The summed E-state index contributed by atoms with van der Waals surface area (Å²) >= 11 is 11.6. The normalized spacial score (nSPS) is 16.4. The molecule has 1 saturated heterocycles. The summed E-state index contributed by atoms with van der Waals surface area (Å²) in [5.74, 6) is 0.761. The van der Waals surface area contributed by atoms with Gasteiger partial charge in [0, 0.05) is 42.8 Å². The van der Waals surface area contributed by atoms with E-state index in [1.807, 2.05) is 12.1 Å². The summed E-state index contributed by atoms with van der Waals surface area (Å²) in [6.07, 6.45) is 1.09. The van der Waals surface area contributed by atoms with E-state index in [-0.39, 0.29) is 12.4 Å². The SMILES string of the molecule is Cl.ClCCCN1CCN(c2ccc(Cl)cc2)CC1. The third kappa shape index (κ3) is 4.51. The number of alkyl halides is 1. The average molecular weight is 310 g/mol. The standard InChI is InChI=1S/C13H18Cl2N2.ClH/c14-6-1-7-16-8-10-17(11-9-16)13-4-2-12(15)3-5-13;/h2-5H,1,6-11H2;1H. The van der Waals surface area contributed by atoms with Crippen molar-refractivity contribution in [3.8, 4) is 0 Å². The third-order valence-electron chi connectivity index (χ3n) is 3.17. The van der Waals surface area contributed by atoms with Crippen molar-refractivity contribution in [1.82, 2.24) is 4.90 Å². The molecule has 0 spiro atoms. The number of nitrogens with zero attached hydrogens (tertiary/aromatic N) is 2. The monoisotopic (exact) mass is 308 g/mol. The summed E-state index contributed by atoms with van der Waals surface area (Å²) in [6, 6.07) is 8.10. The Morgan fingerprint density at radius 2 is 1.61 bits per heavy atom.